The molecule has 3 aromatic rings. The van der Waals surface area contributed by atoms with Crippen molar-refractivity contribution >= 4 is 29.1 Å². The minimum atomic E-state index is -1.22. The van der Waals surface area contributed by atoms with Crippen LogP contribution in [0.1, 0.15) is 52.4 Å². The second kappa shape index (κ2) is 6.58. The third-order valence-electron chi connectivity index (χ3n) is 7.68. The maximum Gasteiger partial charge on any atom is 0.239 e. The Morgan fingerprint density at radius 2 is 1.39 bits per heavy atom. The van der Waals surface area contributed by atoms with Gasteiger partial charge in [-0.1, -0.05) is 60.7 Å². The fourth-order valence-corrected chi connectivity index (χ4v) is 6.49. The van der Waals surface area contributed by atoms with Crippen molar-refractivity contribution in [2.75, 3.05) is 4.90 Å². The van der Waals surface area contributed by atoms with Crippen LogP contribution in [-0.4, -0.2) is 23.4 Å². The second-order valence-electron chi connectivity index (χ2n) is 9.14. The summed E-state index contributed by atoms with van der Waals surface area (Å²) in [5.41, 5.74) is 3.11. The van der Waals surface area contributed by atoms with Crippen LogP contribution in [0, 0.1) is 11.8 Å². The molecule has 2 atom stereocenters. The maximum atomic E-state index is 14.0. The molecular weight excluding hydrogens is 414 g/mol. The molecule has 3 aliphatic carbocycles. The number of anilines is 1. The summed E-state index contributed by atoms with van der Waals surface area (Å²) in [7, 11) is 0. The van der Waals surface area contributed by atoms with Gasteiger partial charge in [0.05, 0.1) is 22.9 Å². The van der Waals surface area contributed by atoms with E-state index in [-0.39, 0.29) is 29.3 Å². The van der Waals surface area contributed by atoms with Gasteiger partial charge < -0.3 is 0 Å². The molecule has 3 aromatic carbocycles. The van der Waals surface area contributed by atoms with E-state index >= 15 is 0 Å². The lowest BCUT2D eigenvalue weighted by Gasteiger charge is -2.52. The highest BCUT2D eigenvalue weighted by molar-refractivity contribution is 6.25. The van der Waals surface area contributed by atoms with Gasteiger partial charge in [-0.25, -0.2) is 4.90 Å². The lowest BCUT2D eigenvalue weighted by Crippen LogP contribution is -2.57. The van der Waals surface area contributed by atoms with Crippen molar-refractivity contribution in [2.24, 2.45) is 11.8 Å². The lowest BCUT2D eigenvalue weighted by molar-refractivity contribution is -0.132. The smallest absolute Gasteiger partial charge is 0.239 e. The number of Topliss-reactive ketones (excluding diaryl/α,β-unsaturated/α-hetero) is 2. The predicted molar refractivity (Wildman–Crippen MR) is 122 cm³/mol. The number of rotatable bonds is 3. The van der Waals surface area contributed by atoms with Crippen molar-refractivity contribution in [1.82, 2.24) is 0 Å². The zero-order valence-electron chi connectivity index (χ0n) is 18.2. The van der Waals surface area contributed by atoms with E-state index in [4.69, 9.17) is 0 Å². The number of hydrogen-bond acceptors (Lipinski definition) is 4. The van der Waals surface area contributed by atoms with Gasteiger partial charge in [0, 0.05) is 11.5 Å². The molecule has 1 aliphatic heterocycles. The Bertz CT molecular complexity index is 1360. The molecule has 5 heteroatoms. The zero-order valence-corrected chi connectivity index (χ0v) is 18.2. The average Bonchev–Trinajstić information content (AvgIpc) is 3.09. The zero-order chi connectivity index (χ0) is 23.1. The van der Waals surface area contributed by atoms with Gasteiger partial charge in [0.2, 0.25) is 11.8 Å². The Morgan fingerprint density at radius 1 is 0.788 bits per heavy atom. The highest BCUT2D eigenvalue weighted by Crippen LogP contribution is 2.64. The second-order valence-corrected chi connectivity index (χ2v) is 9.14. The molecule has 0 saturated carbocycles. The number of nitrogens with zero attached hydrogens (tertiary/aromatic N) is 1. The quantitative estimate of drug-likeness (QED) is 0.460. The van der Waals surface area contributed by atoms with Crippen LogP contribution in [0.5, 0.6) is 0 Å². The Morgan fingerprint density at radius 3 is 1.97 bits per heavy atom. The largest absolute Gasteiger partial charge is 0.299 e. The number of imide groups is 1. The summed E-state index contributed by atoms with van der Waals surface area (Å²) in [5.74, 6) is -2.78. The molecule has 2 bridgehead atoms. The van der Waals surface area contributed by atoms with Crippen LogP contribution < -0.4 is 4.90 Å². The van der Waals surface area contributed by atoms with E-state index in [1.807, 2.05) is 48.5 Å². The van der Waals surface area contributed by atoms with Crippen LogP contribution in [0.2, 0.25) is 0 Å². The summed E-state index contributed by atoms with van der Waals surface area (Å²) < 4.78 is 0. The Kier molecular flexibility index (Phi) is 3.95. The minimum absolute atomic E-state index is 0.143. The highest BCUT2D eigenvalue weighted by atomic mass is 16.2. The fourth-order valence-electron chi connectivity index (χ4n) is 6.49. The molecule has 162 valence electrons. The van der Waals surface area contributed by atoms with E-state index in [1.54, 1.807) is 24.3 Å². The summed E-state index contributed by atoms with van der Waals surface area (Å²) in [6, 6.07) is 22.0. The molecule has 1 heterocycles. The molecule has 0 aromatic heterocycles. The molecule has 0 spiro atoms. The number of hydrogen-bond donors (Lipinski definition) is 0. The third-order valence-corrected chi connectivity index (χ3v) is 7.68. The van der Waals surface area contributed by atoms with Crippen molar-refractivity contribution in [3.8, 4) is 0 Å². The van der Waals surface area contributed by atoms with Gasteiger partial charge in [0.15, 0.2) is 5.78 Å². The topological polar surface area (TPSA) is 71.5 Å². The number of carbonyl (C=O) groups is 4. The van der Waals surface area contributed by atoms with Crippen LogP contribution >= 0.6 is 0 Å². The maximum absolute atomic E-state index is 14.0. The first kappa shape index (κ1) is 19.8. The van der Waals surface area contributed by atoms with Crippen molar-refractivity contribution < 1.29 is 19.2 Å². The van der Waals surface area contributed by atoms with Gasteiger partial charge in [-0.05, 0) is 48.2 Å². The first-order valence-electron chi connectivity index (χ1n) is 11.1. The number of amides is 2. The summed E-state index contributed by atoms with van der Waals surface area (Å²) >= 11 is 0. The van der Waals surface area contributed by atoms with Gasteiger partial charge in [0.1, 0.15) is 5.78 Å². The van der Waals surface area contributed by atoms with Gasteiger partial charge in [-0.15, -0.1) is 0 Å². The summed E-state index contributed by atoms with van der Waals surface area (Å²) in [5, 5.41) is 0. The van der Waals surface area contributed by atoms with Gasteiger partial charge in [-0.3, -0.25) is 19.2 Å². The Labute approximate surface area is 191 Å². The molecule has 7 rings (SSSR count). The molecule has 4 aliphatic rings. The molecule has 33 heavy (non-hydrogen) atoms. The first-order valence-corrected chi connectivity index (χ1v) is 11.1. The number of ketones is 2. The molecule has 1 saturated heterocycles. The van der Waals surface area contributed by atoms with Crippen molar-refractivity contribution in [3.63, 3.8) is 0 Å². The van der Waals surface area contributed by atoms with E-state index in [1.165, 1.54) is 18.7 Å². The summed E-state index contributed by atoms with van der Waals surface area (Å²) in [6.07, 6.45) is 0. The summed E-state index contributed by atoms with van der Waals surface area (Å²) in [6.45, 7) is 2.97. The normalized spacial score (nSPS) is 26.6. The van der Waals surface area contributed by atoms with Crippen LogP contribution in [0.15, 0.2) is 72.8 Å². The molecule has 0 radical (unpaired) electrons. The van der Waals surface area contributed by atoms with Gasteiger partial charge in [-0.2, -0.15) is 0 Å². The highest BCUT2D eigenvalue weighted by Gasteiger charge is 2.69. The van der Waals surface area contributed by atoms with Crippen LogP contribution in [0.25, 0.3) is 0 Å². The van der Waals surface area contributed by atoms with Crippen LogP contribution in [0.3, 0.4) is 0 Å². The number of carbonyl (C=O) groups excluding carboxylic acids is 4. The monoisotopic (exact) mass is 435 g/mol. The fraction of sp³-hybridized carbons (Fsp3) is 0.214. The molecule has 0 unspecified atom stereocenters. The van der Waals surface area contributed by atoms with E-state index < -0.39 is 17.3 Å². The van der Waals surface area contributed by atoms with E-state index in [9.17, 15) is 19.2 Å². The molecule has 2 amide bonds. The molecule has 0 N–H and O–H groups in total. The third kappa shape index (κ3) is 2.26. The Balaban J connectivity index is 1.64. The van der Waals surface area contributed by atoms with Crippen LogP contribution in [0.4, 0.5) is 5.69 Å². The van der Waals surface area contributed by atoms with E-state index in [2.05, 4.69) is 0 Å². The van der Waals surface area contributed by atoms with Crippen molar-refractivity contribution in [2.45, 2.75) is 25.2 Å². The predicted octanol–water partition coefficient (Wildman–Crippen LogP) is 4.03. The first-order chi connectivity index (χ1) is 15.9. The minimum Gasteiger partial charge on any atom is -0.299 e. The SMILES string of the molecule is CC(=O)c1cccc(N2C(=O)[C@@H]3[C@@H](C2=O)C2c4ccccc4C3(C(C)=O)c3ccccc32)c1. The average molecular weight is 435 g/mol. The van der Waals surface area contributed by atoms with Gasteiger partial charge >= 0.3 is 0 Å². The molecular formula is C28H21NO4. The molecule has 1 fully saturated rings. The van der Waals surface area contributed by atoms with Gasteiger partial charge in [0.25, 0.3) is 0 Å². The van der Waals surface area contributed by atoms with Crippen molar-refractivity contribution in [3.05, 3.63) is 101 Å². The van der Waals surface area contributed by atoms with E-state index in [0.717, 1.165) is 22.3 Å². The standard InChI is InChI=1S/C28H21NO4/c1-15(30)17-8-7-9-18(14-17)29-26(32)24-23-19-10-3-5-12-21(19)28(16(2)31,25(24)27(29)33)22-13-6-4-11-20(22)23/h3-14,23-25H,1-2H3/t23?,24-,25-,28?/m0/s1. The summed E-state index contributed by atoms with van der Waals surface area (Å²) in [4.78, 5) is 54.6. The Hall–Kier alpha value is -3.86. The number of benzene rings is 3. The van der Waals surface area contributed by atoms with E-state index in [0.29, 0.717) is 11.3 Å². The lowest BCUT2D eigenvalue weighted by atomic mass is 9.46. The van der Waals surface area contributed by atoms with Crippen LogP contribution in [-0.2, 0) is 19.8 Å². The molecule has 5 nitrogen and oxygen atoms in total. The van der Waals surface area contributed by atoms with Crippen molar-refractivity contribution in [1.29, 1.82) is 0 Å².